The molecular formula is C29H25N3O8S2. The number of amides is 2. The number of nitro benzene ring substituents is 1. The van der Waals surface area contributed by atoms with Crippen molar-refractivity contribution in [1.29, 1.82) is 0 Å². The number of hydrogen-bond acceptors (Lipinski definition) is 9. The normalized spacial score (nSPS) is 28.9. The average molecular weight is 608 g/mol. The molecule has 2 aromatic carbocycles. The Bertz CT molecular complexity index is 1690. The molecule has 13 heteroatoms. The Labute approximate surface area is 247 Å². The maximum Gasteiger partial charge on any atom is 0.305 e. The summed E-state index contributed by atoms with van der Waals surface area (Å²) in [5.74, 6) is -3.39. The van der Waals surface area contributed by atoms with Crippen molar-refractivity contribution in [2.45, 2.75) is 35.6 Å². The number of non-ortho nitro benzene ring substituents is 1. The second kappa shape index (κ2) is 10.1. The summed E-state index contributed by atoms with van der Waals surface area (Å²) in [5.41, 5.74) is 1.39. The number of thiazole rings is 1. The lowest BCUT2D eigenvalue weighted by molar-refractivity contribution is -0.385. The zero-order valence-corrected chi connectivity index (χ0v) is 23.6. The number of rotatable bonds is 8. The first-order chi connectivity index (χ1) is 20.2. The van der Waals surface area contributed by atoms with Crippen LogP contribution in [0.2, 0.25) is 0 Å². The molecule has 7 rings (SSSR count). The zero-order chi connectivity index (χ0) is 29.3. The van der Waals surface area contributed by atoms with E-state index in [1.54, 1.807) is 6.07 Å². The van der Waals surface area contributed by atoms with E-state index in [1.165, 1.54) is 23.9 Å². The first-order valence-corrected chi connectivity index (χ1v) is 15.3. The van der Waals surface area contributed by atoms with E-state index in [-0.39, 0.29) is 65.0 Å². The molecule has 2 N–H and O–H groups in total. The molecule has 0 spiro atoms. The van der Waals surface area contributed by atoms with Crippen molar-refractivity contribution in [2.24, 2.45) is 29.6 Å². The third-order valence-electron chi connectivity index (χ3n) is 9.14. The van der Waals surface area contributed by atoms with Crippen LogP contribution in [0.5, 0.6) is 5.75 Å². The minimum atomic E-state index is -1.08. The molecule has 216 valence electrons. The fourth-order valence-electron chi connectivity index (χ4n) is 7.61. The van der Waals surface area contributed by atoms with Gasteiger partial charge in [-0.1, -0.05) is 41.7 Å². The van der Waals surface area contributed by atoms with Crippen molar-refractivity contribution in [1.82, 2.24) is 9.88 Å². The summed E-state index contributed by atoms with van der Waals surface area (Å²) in [4.78, 5) is 66.8. The van der Waals surface area contributed by atoms with Gasteiger partial charge in [-0.25, -0.2) is 0 Å². The van der Waals surface area contributed by atoms with Gasteiger partial charge in [0.05, 0.1) is 28.2 Å². The van der Waals surface area contributed by atoms with Gasteiger partial charge in [0.25, 0.3) is 5.69 Å². The van der Waals surface area contributed by atoms with E-state index in [1.807, 2.05) is 30.3 Å². The highest BCUT2D eigenvalue weighted by molar-refractivity contribution is 8.00. The molecule has 6 unspecified atom stereocenters. The molecule has 2 aliphatic heterocycles. The number of hydrogen-bond donors (Lipinski definition) is 2. The number of nitrogens with zero attached hydrogens (tertiary/aromatic N) is 2. The number of carboxylic acid groups (broad SMARTS) is 1. The predicted molar refractivity (Wildman–Crippen MR) is 151 cm³/mol. The van der Waals surface area contributed by atoms with Crippen molar-refractivity contribution in [3.8, 4) is 5.75 Å². The summed E-state index contributed by atoms with van der Waals surface area (Å²) in [5, 5.41) is 21.6. The van der Waals surface area contributed by atoms with Crippen LogP contribution in [-0.4, -0.2) is 49.5 Å². The van der Waals surface area contributed by atoms with Crippen molar-refractivity contribution in [2.75, 3.05) is 6.54 Å². The third kappa shape index (κ3) is 4.17. The lowest BCUT2D eigenvalue weighted by Crippen LogP contribution is -2.42. The summed E-state index contributed by atoms with van der Waals surface area (Å²) in [6.07, 6.45) is 0.331. The highest BCUT2D eigenvalue weighted by atomic mass is 32.2. The van der Waals surface area contributed by atoms with Crippen molar-refractivity contribution in [3.05, 3.63) is 84.3 Å². The Morgan fingerprint density at radius 2 is 1.83 bits per heavy atom. The van der Waals surface area contributed by atoms with Gasteiger partial charge < -0.3 is 14.8 Å². The molecule has 42 heavy (non-hydrogen) atoms. The molecule has 11 nitrogen and oxygen atoms in total. The largest absolute Gasteiger partial charge is 0.489 e. The minimum absolute atomic E-state index is 0.107. The number of aliphatic carboxylic acids is 1. The number of likely N-dealkylation sites (tertiary alicyclic amines) is 1. The average Bonchev–Trinajstić information content (AvgIpc) is 3.70. The maximum atomic E-state index is 13.6. The minimum Gasteiger partial charge on any atom is -0.489 e. The molecular weight excluding hydrogens is 582 g/mol. The van der Waals surface area contributed by atoms with Crippen LogP contribution in [0.15, 0.2) is 58.4 Å². The molecule has 2 saturated carbocycles. The number of carboxylic acids is 1. The highest BCUT2D eigenvalue weighted by Gasteiger charge is 2.69. The molecule has 7 atom stereocenters. The van der Waals surface area contributed by atoms with Gasteiger partial charge >= 0.3 is 10.8 Å². The van der Waals surface area contributed by atoms with Crippen LogP contribution >= 0.6 is 23.1 Å². The smallest absolute Gasteiger partial charge is 0.305 e. The van der Waals surface area contributed by atoms with Gasteiger partial charge in [0.1, 0.15) is 12.4 Å². The summed E-state index contributed by atoms with van der Waals surface area (Å²) < 4.78 is 6.26. The van der Waals surface area contributed by atoms with E-state index in [4.69, 9.17) is 9.84 Å². The van der Waals surface area contributed by atoms with Crippen molar-refractivity contribution < 1.29 is 29.2 Å². The lowest BCUT2D eigenvalue weighted by atomic mass is 9.68. The number of imide groups is 1. The fraction of sp³-hybridized carbons (Fsp3) is 0.379. The first kappa shape index (κ1) is 26.9. The number of H-pyrrole nitrogens is 1. The number of aromatic nitrogens is 1. The van der Waals surface area contributed by atoms with Crippen LogP contribution in [0.4, 0.5) is 5.69 Å². The number of thioether (sulfide) groups is 1. The zero-order valence-electron chi connectivity index (χ0n) is 22.0. The number of ether oxygens (including phenoxy) is 1. The molecule has 3 fully saturated rings. The van der Waals surface area contributed by atoms with Gasteiger partial charge in [0, 0.05) is 40.3 Å². The Hall–Kier alpha value is -3.97. The maximum absolute atomic E-state index is 13.6. The van der Waals surface area contributed by atoms with Crippen LogP contribution in [0.1, 0.15) is 34.8 Å². The summed E-state index contributed by atoms with van der Waals surface area (Å²) in [6, 6.07) is 14.0. The number of nitro groups is 1. The molecule has 2 amide bonds. The van der Waals surface area contributed by atoms with Crippen molar-refractivity contribution in [3.63, 3.8) is 0 Å². The Balaban J connectivity index is 1.31. The Kier molecular flexibility index (Phi) is 6.46. The SMILES string of the molecule is O=C(O)CCN1C(=O)C2C3CC(C2C1=O)C1C3Sc2[nH]c(=O)sc2[C@@H]1c1cc([N+](=O)[O-])ccc1OCc1ccccc1. The van der Waals surface area contributed by atoms with Gasteiger partial charge in [-0.15, -0.1) is 11.8 Å². The number of carbonyl (C=O) groups excluding carboxylic acids is 2. The monoisotopic (exact) mass is 607 g/mol. The van der Waals surface area contributed by atoms with Gasteiger partial charge in [-0.2, -0.15) is 0 Å². The topological polar surface area (TPSA) is 160 Å². The van der Waals surface area contributed by atoms with E-state index < -0.39 is 28.6 Å². The molecule has 3 heterocycles. The Morgan fingerprint density at radius 3 is 2.55 bits per heavy atom. The fourth-order valence-corrected chi connectivity index (χ4v) is 10.5. The molecule has 1 aromatic heterocycles. The van der Waals surface area contributed by atoms with Crippen LogP contribution in [0, 0.1) is 39.7 Å². The highest BCUT2D eigenvalue weighted by Crippen LogP contribution is 2.69. The van der Waals surface area contributed by atoms with E-state index in [9.17, 15) is 29.3 Å². The first-order valence-electron chi connectivity index (χ1n) is 13.6. The predicted octanol–water partition coefficient (Wildman–Crippen LogP) is 3.87. The summed E-state index contributed by atoms with van der Waals surface area (Å²) in [6.45, 7) is 0.0775. The van der Waals surface area contributed by atoms with Gasteiger partial charge in [0.2, 0.25) is 11.8 Å². The second-order valence-electron chi connectivity index (χ2n) is 11.2. The second-order valence-corrected chi connectivity index (χ2v) is 13.4. The van der Waals surface area contributed by atoms with Gasteiger partial charge in [-0.05, 0) is 35.8 Å². The molecule has 4 aliphatic rings. The number of benzene rings is 2. The quantitative estimate of drug-likeness (QED) is 0.220. The van der Waals surface area contributed by atoms with Crippen molar-refractivity contribution >= 4 is 46.6 Å². The third-order valence-corrected chi connectivity index (χ3v) is 11.7. The van der Waals surface area contributed by atoms with Gasteiger partial charge in [-0.3, -0.25) is 34.2 Å². The summed E-state index contributed by atoms with van der Waals surface area (Å²) in [7, 11) is 0. The van der Waals surface area contributed by atoms with E-state index in [2.05, 4.69) is 4.98 Å². The van der Waals surface area contributed by atoms with Crippen LogP contribution in [0.3, 0.4) is 0 Å². The number of nitrogens with one attached hydrogen (secondary N) is 1. The molecule has 3 aromatic rings. The lowest BCUT2D eigenvalue weighted by Gasteiger charge is -2.43. The van der Waals surface area contributed by atoms with Gasteiger partial charge in [0.15, 0.2) is 0 Å². The van der Waals surface area contributed by atoms with E-state index >= 15 is 0 Å². The molecule has 2 aliphatic carbocycles. The molecule has 2 bridgehead atoms. The standard InChI is InChI=1S/C29H25N3O8S2/c33-19(34)8-9-31-27(35)22-16-11-17(23(22)28(31)36)24-21(16)20(25-26(41-24)30-29(37)42-25)15-10-14(32(38)39)6-7-18(15)40-12-13-4-2-1-3-5-13/h1-7,10,16-17,20-24H,8-9,11-12H2,(H,30,37)(H,33,34)/t16?,17?,20-,21?,22?,23?,24?/m1/s1. The van der Waals surface area contributed by atoms with Crippen LogP contribution in [0.25, 0.3) is 0 Å². The van der Waals surface area contributed by atoms with Crippen LogP contribution < -0.4 is 9.61 Å². The number of fused-ring (bicyclic) bond motifs is 9. The van der Waals surface area contributed by atoms with Crippen LogP contribution in [-0.2, 0) is 21.0 Å². The number of carbonyl (C=O) groups is 3. The van der Waals surface area contributed by atoms with E-state index in [0.29, 0.717) is 22.8 Å². The Morgan fingerprint density at radius 1 is 1.10 bits per heavy atom. The molecule has 1 saturated heterocycles. The van der Waals surface area contributed by atoms with E-state index in [0.717, 1.165) is 26.7 Å². The summed E-state index contributed by atoms with van der Waals surface area (Å²) >= 11 is 2.57. The number of aromatic amines is 1. The molecule has 0 radical (unpaired) electrons.